The van der Waals surface area contributed by atoms with Crippen LogP contribution in [0.15, 0.2) is 52.9 Å². The molecule has 1 aromatic heterocycles. The third kappa shape index (κ3) is 3.50. The smallest absolute Gasteiger partial charge is 0.203 e. The Bertz CT molecular complexity index is 866. The number of methoxy groups -OCH3 is 1. The topological polar surface area (TPSA) is 66.7 Å². The van der Waals surface area contributed by atoms with Gasteiger partial charge in [-0.25, -0.2) is 4.98 Å². The van der Waals surface area contributed by atoms with Crippen molar-refractivity contribution in [1.29, 1.82) is 0 Å². The molecule has 0 saturated carbocycles. The Morgan fingerprint density at radius 3 is 2.79 bits per heavy atom. The fourth-order valence-electron chi connectivity index (χ4n) is 2.05. The third-order valence-corrected chi connectivity index (χ3v) is 4.41. The number of aromatic hydroxyl groups is 1. The minimum atomic E-state index is -0.108. The molecule has 0 fully saturated rings. The number of phenols is 1. The van der Waals surface area contributed by atoms with Gasteiger partial charge in [0.15, 0.2) is 11.5 Å². The Morgan fingerprint density at radius 1 is 1.25 bits per heavy atom. The number of halogens is 1. The second-order valence-electron chi connectivity index (χ2n) is 4.79. The van der Waals surface area contributed by atoms with Crippen LogP contribution in [0.5, 0.6) is 11.5 Å². The summed E-state index contributed by atoms with van der Waals surface area (Å²) in [4.78, 5) is 4.47. The molecule has 122 valence electrons. The molecule has 0 aliphatic heterocycles. The molecule has 0 unspecified atom stereocenters. The van der Waals surface area contributed by atoms with E-state index >= 15 is 0 Å². The first-order chi connectivity index (χ1) is 11.7. The molecular formula is C17H14ClN3O2S. The minimum Gasteiger partial charge on any atom is -0.503 e. The lowest BCUT2D eigenvalue weighted by Gasteiger charge is -2.06. The molecular weight excluding hydrogens is 346 g/mol. The first kappa shape index (κ1) is 16.3. The predicted molar refractivity (Wildman–Crippen MR) is 98.4 cm³/mol. The zero-order valence-electron chi connectivity index (χ0n) is 12.7. The van der Waals surface area contributed by atoms with E-state index in [1.807, 2.05) is 35.7 Å². The van der Waals surface area contributed by atoms with Gasteiger partial charge in [0, 0.05) is 16.5 Å². The number of thiazole rings is 1. The summed E-state index contributed by atoms with van der Waals surface area (Å²) in [6, 6.07) is 13.2. The van der Waals surface area contributed by atoms with Gasteiger partial charge in [-0.3, -0.25) is 5.43 Å². The van der Waals surface area contributed by atoms with Gasteiger partial charge >= 0.3 is 0 Å². The standard InChI is InChI=1S/C17H14ClN3O2S/c1-23-14-8-7-12(15(18)16(14)22)9-19-21-17-20-13(10-24-17)11-5-3-2-4-6-11/h2-10,22H,1H3,(H,20,21). The molecule has 0 radical (unpaired) electrons. The maximum absolute atomic E-state index is 9.87. The molecule has 3 aromatic rings. The van der Waals surface area contributed by atoms with Crippen molar-refractivity contribution in [3.05, 3.63) is 58.4 Å². The van der Waals surface area contributed by atoms with Gasteiger partial charge < -0.3 is 9.84 Å². The second kappa shape index (κ2) is 7.33. The second-order valence-corrected chi connectivity index (χ2v) is 6.03. The minimum absolute atomic E-state index is 0.108. The van der Waals surface area contributed by atoms with E-state index in [-0.39, 0.29) is 10.8 Å². The fraction of sp³-hybridized carbons (Fsp3) is 0.0588. The van der Waals surface area contributed by atoms with Crippen LogP contribution in [-0.2, 0) is 0 Å². The summed E-state index contributed by atoms with van der Waals surface area (Å²) < 4.78 is 5.00. The molecule has 2 N–H and O–H groups in total. The molecule has 7 heteroatoms. The summed E-state index contributed by atoms with van der Waals surface area (Å²) in [6.45, 7) is 0. The lowest BCUT2D eigenvalue weighted by molar-refractivity contribution is 0.373. The van der Waals surface area contributed by atoms with Crippen LogP contribution in [0.1, 0.15) is 5.56 Å². The Morgan fingerprint density at radius 2 is 2.04 bits per heavy atom. The van der Waals surface area contributed by atoms with Crippen LogP contribution >= 0.6 is 22.9 Å². The highest BCUT2D eigenvalue weighted by atomic mass is 35.5. The van der Waals surface area contributed by atoms with Crippen LogP contribution in [0.4, 0.5) is 5.13 Å². The van der Waals surface area contributed by atoms with Crippen LogP contribution in [0.3, 0.4) is 0 Å². The highest BCUT2D eigenvalue weighted by molar-refractivity contribution is 7.14. The van der Waals surface area contributed by atoms with E-state index < -0.39 is 0 Å². The number of nitrogens with one attached hydrogen (secondary N) is 1. The Kier molecular flexibility index (Phi) is 4.98. The SMILES string of the molecule is COc1ccc(C=NNc2nc(-c3ccccc3)cs2)c(Cl)c1O. The monoisotopic (exact) mass is 359 g/mol. The van der Waals surface area contributed by atoms with Crippen molar-refractivity contribution < 1.29 is 9.84 Å². The normalized spacial score (nSPS) is 10.9. The average Bonchev–Trinajstić information content (AvgIpc) is 3.08. The Labute approximate surface area is 148 Å². The van der Waals surface area contributed by atoms with E-state index in [1.165, 1.54) is 24.7 Å². The maximum Gasteiger partial charge on any atom is 0.203 e. The van der Waals surface area contributed by atoms with E-state index in [9.17, 15) is 5.11 Å². The van der Waals surface area contributed by atoms with Gasteiger partial charge in [0.25, 0.3) is 0 Å². The number of phenolic OH excluding ortho intramolecular Hbond substituents is 1. The van der Waals surface area contributed by atoms with E-state index in [4.69, 9.17) is 16.3 Å². The highest BCUT2D eigenvalue weighted by Crippen LogP contribution is 2.35. The van der Waals surface area contributed by atoms with Crippen molar-refractivity contribution in [2.45, 2.75) is 0 Å². The van der Waals surface area contributed by atoms with E-state index in [1.54, 1.807) is 12.1 Å². The molecule has 2 aromatic carbocycles. The molecule has 3 rings (SSSR count). The van der Waals surface area contributed by atoms with Gasteiger partial charge in [0.2, 0.25) is 5.13 Å². The molecule has 0 saturated heterocycles. The number of hydrogen-bond donors (Lipinski definition) is 2. The summed E-state index contributed by atoms with van der Waals surface area (Å²) in [7, 11) is 1.47. The van der Waals surface area contributed by atoms with E-state index in [0.717, 1.165) is 11.3 Å². The lowest BCUT2D eigenvalue weighted by Crippen LogP contribution is -1.92. The van der Waals surface area contributed by atoms with Crippen LogP contribution in [-0.4, -0.2) is 23.4 Å². The number of hydrogen-bond acceptors (Lipinski definition) is 6. The fourth-order valence-corrected chi connectivity index (χ4v) is 2.92. The van der Waals surface area contributed by atoms with Crippen molar-refractivity contribution >= 4 is 34.3 Å². The number of hydrazone groups is 1. The largest absolute Gasteiger partial charge is 0.503 e. The number of rotatable bonds is 5. The van der Waals surface area contributed by atoms with Gasteiger partial charge in [-0.05, 0) is 12.1 Å². The van der Waals surface area contributed by atoms with E-state index in [0.29, 0.717) is 16.4 Å². The quantitative estimate of drug-likeness (QED) is 0.515. The molecule has 1 heterocycles. The Balaban J connectivity index is 1.71. The Hall–Kier alpha value is -2.57. The van der Waals surface area contributed by atoms with Crippen LogP contribution in [0.25, 0.3) is 11.3 Å². The van der Waals surface area contributed by atoms with Crippen molar-refractivity contribution in [3.8, 4) is 22.8 Å². The highest BCUT2D eigenvalue weighted by Gasteiger charge is 2.10. The summed E-state index contributed by atoms with van der Waals surface area (Å²) >= 11 is 7.54. The summed E-state index contributed by atoms with van der Waals surface area (Å²) in [6.07, 6.45) is 1.52. The van der Waals surface area contributed by atoms with Gasteiger partial charge in [-0.1, -0.05) is 41.9 Å². The molecule has 24 heavy (non-hydrogen) atoms. The summed E-state index contributed by atoms with van der Waals surface area (Å²) in [5, 5.41) is 16.8. The molecule has 0 atom stereocenters. The van der Waals surface area contributed by atoms with E-state index in [2.05, 4.69) is 15.5 Å². The lowest BCUT2D eigenvalue weighted by atomic mass is 10.2. The molecule has 0 spiro atoms. The molecule has 5 nitrogen and oxygen atoms in total. The van der Waals surface area contributed by atoms with Crippen LogP contribution in [0.2, 0.25) is 5.02 Å². The molecule has 0 aliphatic rings. The maximum atomic E-state index is 9.87. The van der Waals surface area contributed by atoms with Gasteiger partial charge in [0.05, 0.1) is 24.0 Å². The van der Waals surface area contributed by atoms with Crippen molar-refractivity contribution in [2.75, 3.05) is 12.5 Å². The summed E-state index contributed by atoms with van der Waals surface area (Å²) in [5.74, 6) is 0.210. The van der Waals surface area contributed by atoms with Gasteiger partial charge in [0.1, 0.15) is 0 Å². The first-order valence-corrected chi connectivity index (χ1v) is 8.30. The average molecular weight is 360 g/mol. The predicted octanol–water partition coefficient (Wildman–Crippen LogP) is 4.62. The number of ether oxygens (including phenoxy) is 1. The zero-order valence-corrected chi connectivity index (χ0v) is 14.3. The number of benzene rings is 2. The van der Waals surface area contributed by atoms with Crippen molar-refractivity contribution in [1.82, 2.24) is 4.98 Å². The first-order valence-electron chi connectivity index (χ1n) is 7.04. The number of nitrogens with zero attached hydrogens (tertiary/aromatic N) is 2. The van der Waals surface area contributed by atoms with Gasteiger partial charge in [-0.2, -0.15) is 5.10 Å². The van der Waals surface area contributed by atoms with Crippen molar-refractivity contribution in [3.63, 3.8) is 0 Å². The third-order valence-electron chi connectivity index (χ3n) is 3.27. The van der Waals surface area contributed by atoms with Crippen molar-refractivity contribution in [2.24, 2.45) is 5.10 Å². The number of anilines is 1. The molecule has 0 aliphatic carbocycles. The summed E-state index contributed by atoms with van der Waals surface area (Å²) in [5.41, 5.74) is 5.37. The zero-order chi connectivity index (χ0) is 16.9. The van der Waals surface area contributed by atoms with Crippen LogP contribution < -0.4 is 10.2 Å². The molecule has 0 amide bonds. The molecule has 0 bridgehead atoms. The van der Waals surface area contributed by atoms with Gasteiger partial charge in [-0.15, -0.1) is 11.3 Å². The van der Waals surface area contributed by atoms with Crippen LogP contribution in [0, 0.1) is 0 Å². The number of aromatic nitrogens is 1.